The lowest BCUT2D eigenvalue weighted by Crippen LogP contribution is -2.49. The van der Waals surface area contributed by atoms with Crippen LogP contribution >= 0.6 is 11.6 Å². The Labute approximate surface area is 201 Å². The number of rotatable bonds is 6. The summed E-state index contributed by atoms with van der Waals surface area (Å²) in [5.41, 5.74) is 1.29. The predicted octanol–water partition coefficient (Wildman–Crippen LogP) is 3.89. The smallest absolute Gasteiger partial charge is 0.325 e. The Balaban J connectivity index is 1.20. The number of anilines is 2. The Morgan fingerprint density at radius 1 is 0.971 bits per heavy atom. The van der Waals surface area contributed by atoms with Crippen molar-refractivity contribution >= 4 is 34.8 Å². The third kappa shape index (κ3) is 5.89. The number of hydrogen-bond donors (Lipinski definition) is 1. The predicted molar refractivity (Wildman–Crippen MR) is 125 cm³/mol. The fourth-order valence-electron chi connectivity index (χ4n) is 4.38. The molecule has 2 amide bonds. The van der Waals surface area contributed by atoms with Gasteiger partial charge >= 0.3 is 6.18 Å². The van der Waals surface area contributed by atoms with Crippen molar-refractivity contribution in [2.24, 2.45) is 0 Å². The van der Waals surface area contributed by atoms with Crippen LogP contribution in [-0.2, 0) is 22.2 Å². The van der Waals surface area contributed by atoms with E-state index in [1.54, 1.807) is 0 Å². The summed E-state index contributed by atoms with van der Waals surface area (Å²) in [6, 6.07) is 11.3. The van der Waals surface area contributed by atoms with Crippen LogP contribution in [0, 0.1) is 0 Å². The summed E-state index contributed by atoms with van der Waals surface area (Å²) in [4.78, 5) is 31.0. The molecule has 2 heterocycles. The minimum Gasteiger partial charge on any atom is -0.325 e. The van der Waals surface area contributed by atoms with Crippen LogP contribution in [0.4, 0.5) is 24.5 Å². The largest absolute Gasteiger partial charge is 0.417 e. The summed E-state index contributed by atoms with van der Waals surface area (Å²) in [6.07, 6.45) is -3.27. The van der Waals surface area contributed by atoms with Gasteiger partial charge in [0, 0.05) is 57.1 Å². The Morgan fingerprint density at radius 3 is 2.41 bits per heavy atom. The van der Waals surface area contributed by atoms with Gasteiger partial charge in [-0.2, -0.15) is 13.2 Å². The first-order valence-corrected chi connectivity index (χ1v) is 11.6. The summed E-state index contributed by atoms with van der Waals surface area (Å²) in [5.74, 6) is -0.264. The Morgan fingerprint density at radius 2 is 1.68 bits per heavy atom. The summed E-state index contributed by atoms with van der Waals surface area (Å²) < 4.78 is 39.0. The molecule has 4 rings (SSSR count). The average molecular weight is 495 g/mol. The van der Waals surface area contributed by atoms with Crippen molar-refractivity contribution in [2.45, 2.75) is 19.0 Å². The molecule has 0 saturated carbocycles. The number of benzene rings is 2. The standard InChI is InChI=1S/C24H26ClF3N4O2/c25-20-6-5-18(15-19(20)24(26,27)28)29-22(33)16-31-13-11-30(12-14-31)9-8-23(34)32-10-7-17-3-1-2-4-21(17)32/h1-6,15H,7-14,16H2,(H,29,33). The van der Waals surface area contributed by atoms with E-state index in [2.05, 4.69) is 16.3 Å². The second-order valence-corrected chi connectivity index (χ2v) is 8.94. The second-order valence-electron chi connectivity index (χ2n) is 8.53. The second kappa shape index (κ2) is 10.3. The number of piperazine rings is 1. The molecule has 0 radical (unpaired) electrons. The lowest BCUT2D eigenvalue weighted by molar-refractivity contribution is -0.137. The zero-order valence-electron chi connectivity index (χ0n) is 18.6. The minimum atomic E-state index is -4.59. The van der Waals surface area contributed by atoms with Crippen LogP contribution in [0.2, 0.25) is 5.02 Å². The van der Waals surface area contributed by atoms with Crippen LogP contribution in [0.15, 0.2) is 42.5 Å². The van der Waals surface area contributed by atoms with Gasteiger partial charge in [0.15, 0.2) is 0 Å². The molecule has 0 spiro atoms. The molecule has 10 heteroatoms. The van der Waals surface area contributed by atoms with Gasteiger partial charge in [-0.05, 0) is 36.2 Å². The maximum atomic E-state index is 13.0. The first-order valence-electron chi connectivity index (χ1n) is 11.2. The van der Waals surface area contributed by atoms with Gasteiger partial charge < -0.3 is 15.1 Å². The summed E-state index contributed by atoms with van der Waals surface area (Å²) in [6.45, 7) is 4.18. The number of nitrogens with zero attached hydrogens (tertiary/aromatic N) is 3. The van der Waals surface area contributed by atoms with Crippen molar-refractivity contribution in [1.82, 2.24) is 9.80 Å². The number of carbonyl (C=O) groups is 2. The van der Waals surface area contributed by atoms with E-state index in [-0.39, 0.29) is 24.0 Å². The first-order chi connectivity index (χ1) is 16.2. The highest BCUT2D eigenvalue weighted by Gasteiger charge is 2.33. The summed E-state index contributed by atoms with van der Waals surface area (Å²) >= 11 is 5.62. The number of para-hydroxylation sites is 1. The number of amides is 2. The monoisotopic (exact) mass is 494 g/mol. The summed E-state index contributed by atoms with van der Waals surface area (Å²) in [7, 11) is 0. The Hall–Kier alpha value is -2.62. The molecule has 2 aliphatic heterocycles. The van der Waals surface area contributed by atoms with E-state index in [4.69, 9.17) is 11.6 Å². The molecule has 2 aromatic carbocycles. The highest BCUT2D eigenvalue weighted by molar-refractivity contribution is 6.31. The molecule has 0 atom stereocenters. The van der Waals surface area contributed by atoms with Crippen molar-refractivity contribution < 1.29 is 22.8 Å². The topological polar surface area (TPSA) is 55.9 Å². The maximum absolute atomic E-state index is 13.0. The Kier molecular flexibility index (Phi) is 7.45. The number of hydrogen-bond acceptors (Lipinski definition) is 4. The van der Waals surface area contributed by atoms with Gasteiger partial charge in [0.1, 0.15) is 0 Å². The first kappa shape index (κ1) is 24.5. The third-order valence-corrected chi connectivity index (χ3v) is 6.55. The molecule has 2 aliphatic rings. The molecular formula is C24H26ClF3N4O2. The fourth-order valence-corrected chi connectivity index (χ4v) is 4.61. The number of halogens is 4. The van der Waals surface area contributed by atoms with Crippen LogP contribution in [0.25, 0.3) is 0 Å². The van der Waals surface area contributed by atoms with Crippen molar-refractivity contribution in [2.75, 3.05) is 56.0 Å². The van der Waals surface area contributed by atoms with Crippen LogP contribution in [0.3, 0.4) is 0 Å². The number of nitrogens with one attached hydrogen (secondary N) is 1. The van der Waals surface area contributed by atoms with Gasteiger partial charge in [0.2, 0.25) is 11.8 Å². The van der Waals surface area contributed by atoms with Gasteiger partial charge in [-0.3, -0.25) is 14.5 Å². The lowest BCUT2D eigenvalue weighted by Gasteiger charge is -2.34. The van der Waals surface area contributed by atoms with E-state index in [1.807, 2.05) is 28.0 Å². The van der Waals surface area contributed by atoms with E-state index in [0.717, 1.165) is 43.9 Å². The molecular weight excluding hydrogens is 469 g/mol. The maximum Gasteiger partial charge on any atom is 0.417 e. The number of alkyl halides is 3. The minimum absolute atomic E-state index is 0.0577. The molecule has 0 unspecified atom stereocenters. The number of carbonyl (C=O) groups excluding carboxylic acids is 2. The number of fused-ring (bicyclic) bond motifs is 1. The van der Waals surface area contributed by atoms with Crippen LogP contribution in [-0.4, -0.2) is 67.4 Å². The van der Waals surface area contributed by atoms with E-state index in [1.165, 1.54) is 11.6 Å². The van der Waals surface area contributed by atoms with Crippen LogP contribution in [0.1, 0.15) is 17.5 Å². The van der Waals surface area contributed by atoms with Crippen LogP contribution in [0.5, 0.6) is 0 Å². The molecule has 1 N–H and O–H groups in total. The lowest BCUT2D eigenvalue weighted by atomic mass is 10.2. The van der Waals surface area contributed by atoms with Gasteiger partial charge in [-0.25, -0.2) is 0 Å². The van der Waals surface area contributed by atoms with Crippen molar-refractivity contribution in [3.63, 3.8) is 0 Å². The molecule has 6 nitrogen and oxygen atoms in total. The molecule has 0 aliphatic carbocycles. The van der Waals surface area contributed by atoms with Gasteiger partial charge in [0.05, 0.1) is 17.1 Å². The summed E-state index contributed by atoms with van der Waals surface area (Å²) in [5, 5.41) is 2.11. The van der Waals surface area contributed by atoms with Gasteiger partial charge in [0.25, 0.3) is 0 Å². The Bertz CT molecular complexity index is 1050. The van der Waals surface area contributed by atoms with E-state index >= 15 is 0 Å². The normalized spacial score (nSPS) is 17.0. The highest BCUT2D eigenvalue weighted by atomic mass is 35.5. The van der Waals surface area contributed by atoms with Gasteiger partial charge in [-0.1, -0.05) is 29.8 Å². The average Bonchev–Trinajstić information content (AvgIpc) is 3.23. The molecule has 0 aromatic heterocycles. The van der Waals surface area contributed by atoms with Crippen molar-refractivity contribution in [1.29, 1.82) is 0 Å². The molecule has 182 valence electrons. The molecule has 2 aromatic rings. The van der Waals surface area contributed by atoms with E-state index in [9.17, 15) is 22.8 Å². The molecule has 34 heavy (non-hydrogen) atoms. The third-order valence-electron chi connectivity index (χ3n) is 6.22. The van der Waals surface area contributed by atoms with Gasteiger partial charge in [-0.15, -0.1) is 0 Å². The molecule has 1 fully saturated rings. The zero-order valence-corrected chi connectivity index (χ0v) is 19.3. The van der Waals surface area contributed by atoms with E-state index < -0.39 is 16.8 Å². The van der Waals surface area contributed by atoms with Crippen molar-refractivity contribution in [3.05, 3.63) is 58.6 Å². The quantitative estimate of drug-likeness (QED) is 0.662. The zero-order chi connectivity index (χ0) is 24.3. The van der Waals surface area contributed by atoms with E-state index in [0.29, 0.717) is 26.1 Å². The van der Waals surface area contributed by atoms with Crippen molar-refractivity contribution in [3.8, 4) is 0 Å². The van der Waals surface area contributed by atoms with Crippen LogP contribution < -0.4 is 10.2 Å². The fraction of sp³-hybridized carbons (Fsp3) is 0.417. The molecule has 1 saturated heterocycles. The highest BCUT2D eigenvalue weighted by Crippen LogP contribution is 2.36. The SMILES string of the molecule is O=C(CN1CCN(CCC(=O)N2CCc3ccccc32)CC1)Nc1ccc(Cl)c(C(F)(F)F)c1. The molecule has 0 bridgehead atoms.